The minimum absolute atomic E-state index is 0.123. The molecule has 6 rings (SSSR count). The van der Waals surface area contributed by atoms with Gasteiger partial charge in [-0.05, 0) is 49.4 Å². The van der Waals surface area contributed by atoms with Crippen molar-refractivity contribution in [3.8, 4) is 11.4 Å². The van der Waals surface area contributed by atoms with Crippen LogP contribution in [0.4, 0.5) is 11.8 Å². The number of nitrogens with zero attached hydrogens (tertiary/aromatic N) is 6. The lowest BCUT2D eigenvalue weighted by molar-refractivity contribution is 0.402. The van der Waals surface area contributed by atoms with E-state index in [9.17, 15) is 0 Å². The van der Waals surface area contributed by atoms with Gasteiger partial charge in [-0.25, -0.2) is 4.98 Å². The molecule has 2 aliphatic rings. The van der Waals surface area contributed by atoms with Gasteiger partial charge in [0.1, 0.15) is 0 Å². The molecule has 2 unspecified atom stereocenters. The molecule has 2 atom stereocenters. The van der Waals surface area contributed by atoms with Crippen LogP contribution in [0.15, 0.2) is 49.1 Å². The largest absolute Gasteiger partial charge is 0.364 e. The van der Waals surface area contributed by atoms with Gasteiger partial charge in [-0.15, -0.1) is 0 Å². The van der Waals surface area contributed by atoms with Crippen molar-refractivity contribution in [2.45, 2.75) is 76.0 Å². The number of fused-ring (bicyclic) bond motifs is 1. The van der Waals surface area contributed by atoms with Crippen molar-refractivity contribution in [3.63, 3.8) is 0 Å². The lowest BCUT2D eigenvalue weighted by Gasteiger charge is -2.29. The van der Waals surface area contributed by atoms with Gasteiger partial charge in [0.05, 0.1) is 17.7 Å². The SMILES string of the molecule is NC1CCCCC1Nc1nc(NCc2ccc(-c3ccccn3)nc2)c2ncn(C3CCCC3)c2n1. The molecule has 0 saturated heterocycles. The highest BCUT2D eigenvalue weighted by atomic mass is 15.2. The van der Waals surface area contributed by atoms with Crippen LogP contribution < -0.4 is 16.4 Å². The summed E-state index contributed by atoms with van der Waals surface area (Å²) in [5.74, 6) is 1.35. The Morgan fingerprint density at radius 1 is 0.889 bits per heavy atom. The highest BCUT2D eigenvalue weighted by Gasteiger charge is 2.25. The number of hydrogen-bond acceptors (Lipinski definition) is 8. The third-order valence-electron chi connectivity index (χ3n) is 7.49. The molecule has 0 aliphatic heterocycles. The van der Waals surface area contributed by atoms with E-state index in [4.69, 9.17) is 20.7 Å². The maximum Gasteiger partial charge on any atom is 0.227 e. The summed E-state index contributed by atoms with van der Waals surface area (Å²) < 4.78 is 2.24. The summed E-state index contributed by atoms with van der Waals surface area (Å²) in [5, 5.41) is 7.05. The van der Waals surface area contributed by atoms with Crippen LogP contribution in [-0.2, 0) is 6.54 Å². The Balaban J connectivity index is 1.27. The normalized spacial score (nSPS) is 20.6. The van der Waals surface area contributed by atoms with E-state index in [0.29, 0.717) is 18.5 Å². The molecule has 4 heterocycles. The van der Waals surface area contributed by atoms with Crippen LogP contribution in [0, 0.1) is 0 Å². The van der Waals surface area contributed by atoms with E-state index < -0.39 is 0 Å². The summed E-state index contributed by atoms with van der Waals surface area (Å²) in [6, 6.07) is 10.7. The Kier molecular flexibility index (Phi) is 6.46. The number of pyridine rings is 2. The lowest BCUT2D eigenvalue weighted by Crippen LogP contribution is -2.43. The molecule has 4 aromatic heterocycles. The first-order chi connectivity index (χ1) is 17.7. The van der Waals surface area contributed by atoms with Crippen LogP contribution in [0.25, 0.3) is 22.6 Å². The van der Waals surface area contributed by atoms with Crippen molar-refractivity contribution in [1.29, 1.82) is 0 Å². The maximum atomic E-state index is 6.41. The Morgan fingerprint density at radius 2 is 1.72 bits per heavy atom. The molecule has 0 radical (unpaired) electrons. The fourth-order valence-corrected chi connectivity index (χ4v) is 5.44. The number of nitrogens with one attached hydrogen (secondary N) is 2. The van der Waals surface area contributed by atoms with E-state index in [2.05, 4.69) is 31.2 Å². The molecule has 9 nitrogen and oxygen atoms in total. The number of rotatable bonds is 7. The average Bonchev–Trinajstić information content (AvgIpc) is 3.60. The molecular formula is C27H33N9. The predicted molar refractivity (Wildman–Crippen MR) is 141 cm³/mol. The highest BCUT2D eigenvalue weighted by Crippen LogP contribution is 2.33. The van der Waals surface area contributed by atoms with E-state index in [1.54, 1.807) is 6.20 Å². The fourth-order valence-electron chi connectivity index (χ4n) is 5.44. The number of hydrogen-bond donors (Lipinski definition) is 3. The summed E-state index contributed by atoms with van der Waals surface area (Å²) >= 11 is 0. The van der Waals surface area contributed by atoms with Gasteiger partial charge in [0, 0.05) is 37.1 Å². The average molecular weight is 484 g/mol. The van der Waals surface area contributed by atoms with Crippen LogP contribution in [0.2, 0.25) is 0 Å². The quantitative estimate of drug-likeness (QED) is 0.346. The molecule has 36 heavy (non-hydrogen) atoms. The van der Waals surface area contributed by atoms with E-state index in [0.717, 1.165) is 46.8 Å². The summed E-state index contributed by atoms with van der Waals surface area (Å²) in [6.07, 6.45) is 14.9. The van der Waals surface area contributed by atoms with Gasteiger partial charge < -0.3 is 20.9 Å². The standard InChI is InChI=1S/C27H33N9/c28-20-9-3-4-10-21(20)33-27-34-25(24-26(35-27)36(17-32-24)19-7-1-2-8-19)31-16-18-12-13-23(30-15-18)22-11-5-6-14-29-22/h5-6,11-15,17,19-21H,1-4,7-10,16,28H2,(H2,31,33,34,35). The van der Waals surface area contributed by atoms with Crippen LogP contribution in [0.1, 0.15) is 63.0 Å². The second kappa shape index (κ2) is 10.2. The zero-order valence-corrected chi connectivity index (χ0v) is 20.5. The minimum Gasteiger partial charge on any atom is -0.364 e. The molecule has 0 spiro atoms. The van der Waals surface area contributed by atoms with Crippen molar-refractivity contribution in [2.24, 2.45) is 5.73 Å². The predicted octanol–water partition coefficient (Wildman–Crippen LogP) is 4.69. The first-order valence-electron chi connectivity index (χ1n) is 13.1. The second-order valence-corrected chi connectivity index (χ2v) is 9.98. The van der Waals surface area contributed by atoms with Crippen molar-refractivity contribution in [2.75, 3.05) is 10.6 Å². The van der Waals surface area contributed by atoms with Gasteiger partial charge >= 0.3 is 0 Å². The smallest absolute Gasteiger partial charge is 0.227 e. The topological polar surface area (TPSA) is 119 Å². The minimum atomic E-state index is 0.123. The second-order valence-electron chi connectivity index (χ2n) is 9.98. The zero-order valence-electron chi connectivity index (χ0n) is 20.5. The molecular weight excluding hydrogens is 450 g/mol. The number of nitrogens with two attached hydrogens (primary N) is 1. The molecule has 0 aromatic carbocycles. The Bertz CT molecular complexity index is 1300. The van der Waals surface area contributed by atoms with Crippen molar-refractivity contribution in [3.05, 3.63) is 54.6 Å². The zero-order chi connectivity index (χ0) is 24.3. The molecule has 2 aliphatic carbocycles. The lowest BCUT2D eigenvalue weighted by atomic mass is 9.91. The van der Waals surface area contributed by atoms with Crippen molar-refractivity contribution >= 4 is 22.9 Å². The Labute approximate surface area is 211 Å². The third-order valence-corrected chi connectivity index (χ3v) is 7.49. The molecule has 2 saturated carbocycles. The van der Waals surface area contributed by atoms with Gasteiger partial charge in [0.2, 0.25) is 5.95 Å². The summed E-state index contributed by atoms with van der Waals surface area (Å²) in [7, 11) is 0. The van der Waals surface area contributed by atoms with E-state index in [-0.39, 0.29) is 12.1 Å². The molecule has 4 N–H and O–H groups in total. The van der Waals surface area contributed by atoms with Crippen molar-refractivity contribution < 1.29 is 0 Å². The van der Waals surface area contributed by atoms with E-state index in [1.807, 2.05) is 36.8 Å². The van der Waals surface area contributed by atoms with Gasteiger partial charge in [0.15, 0.2) is 17.0 Å². The van der Waals surface area contributed by atoms with Gasteiger partial charge in [0.25, 0.3) is 0 Å². The summed E-state index contributed by atoms with van der Waals surface area (Å²) in [4.78, 5) is 23.5. The molecule has 4 aromatic rings. The highest BCUT2D eigenvalue weighted by molar-refractivity contribution is 5.84. The van der Waals surface area contributed by atoms with E-state index >= 15 is 0 Å². The van der Waals surface area contributed by atoms with Crippen LogP contribution in [0.5, 0.6) is 0 Å². The number of anilines is 2. The number of aromatic nitrogens is 6. The molecule has 186 valence electrons. The van der Waals surface area contributed by atoms with Crippen LogP contribution in [0.3, 0.4) is 0 Å². The van der Waals surface area contributed by atoms with Crippen LogP contribution in [-0.4, -0.2) is 41.6 Å². The van der Waals surface area contributed by atoms with Crippen LogP contribution >= 0.6 is 0 Å². The summed E-state index contributed by atoms with van der Waals surface area (Å²) in [5.41, 5.74) is 10.9. The molecule has 9 heteroatoms. The van der Waals surface area contributed by atoms with Gasteiger partial charge in [-0.2, -0.15) is 9.97 Å². The molecule has 0 amide bonds. The van der Waals surface area contributed by atoms with Gasteiger partial charge in [-0.1, -0.05) is 37.8 Å². The first-order valence-corrected chi connectivity index (χ1v) is 13.1. The first kappa shape index (κ1) is 22.8. The fraction of sp³-hybridized carbons (Fsp3) is 0.444. The molecule has 2 fully saturated rings. The van der Waals surface area contributed by atoms with Gasteiger partial charge in [-0.3, -0.25) is 9.97 Å². The summed E-state index contributed by atoms with van der Waals surface area (Å²) in [6.45, 7) is 0.584. The Hall–Kier alpha value is -3.59. The monoisotopic (exact) mass is 483 g/mol. The third kappa shape index (κ3) is 4.75. The van der Waals surface area contributed by atoms with E-state index in [1.165, 1.54) is 38.5 Å². The number of imidazole rings is 1. The Morgan fingerprint density at radius 3 is 2.50 bits per heavy atom. The van der Waals surface area contributed by atoms with Crippen molar-refractivity contribution in [1.82, 2.24) is 29.5 Å². The molecule has 0 bridgehead atoms. The maximum absolute atomic E-state index is 6.41.